The number of phenolic OH excluding ortho intramolecular Hbond substituents is 1. The number of Topliss-reactive ketones (excluding diaryl/α,β-unsaturated/α-hetero) is 2. The number of hydrogen-bond acceptors (Lipinski definition) is 9. The van der Waals surface area contributed by atoms with E-state index in [0.717, 1.165) is 6.07 Å². The summed E-state index contributed by atoms with van der Waals surface area (Å²) in [5.41, 5.74) is -1.29. The monoisotopic (exact) mass is 480 g/mol. The van der Waals surface area contributed by atoms with E-state index in [9.17, 15) is 39.9 Å². The van der Waals surface area contributed by atoms with Gasteiger partial charge in [-0.25, -0.2) is 0 Å². The molecule has 1 amide bonds. The molecule has 0 saturated carbocycles. The lowest BCUT2D eigenvalue weighted by molar-refractivity contribution is -0.141. The second-order valence-electron chi connectivity index (χ2n) is 8.77. The summed E-state index contributed by atoms with van der Waals surface area (Å²) in [6.45, 7) is 2.69. The Morgan fingerprint density at radius 3 is 2.27 bits per heavy atom. The maximum Gasteiger partial charge on any atom is 0.255 e. The quantitative estimate of drug-likeness (QED) is 0.337. The number of nitrogens with zero attached hydrogens (tertiary/aromatic N) is 1. The maximum absolute atomic E-state index is 13.7. The van der Waals surface area contributed by atoms with Gasteiger partial charge in [-0.3, -0.25) is 19.3 Å². The zero-order valence-electron chi connectivity index (χ0n) is 18.4. The highest BCUT2D eigenvalue weighted by molar-refractivity contribution is 6.32. The Morgan fingerprint density at radius 2 is 1.76 bits per heavy atom. The van der Waals surface area contributed by atoms with Crippen LogP contribution in [-0.4, -0.2) is 73.6 Å². The largest absolute Gasteiger partial charge is 0.508 e. The van der Waals surface area contributed by atoms with E-state index in [2.05, 4.69) is 0 Å². The van der Waals surface area contributed by atoms with Crippen molar-refractivity contribution in [2.24, 2.45) is 11.7 Å². The molecule has 2 aliphatic carbocycles. The Labute approximate surface area is 194 Å². The second-order valence-corrected chi connectivity index (χ2v) is 9.18. The van der Waals surface area contributed by atoms with Crippen molar-refractivity contribution in [3.05, 3.63) is 45.2 Å². The smallest absolute Gasteiger partial charge is 0.255 e. The molecule has 10 nitrogen and oxygen atoms in total. The van der Waals surface area contributed by atoms with E-state index in [1.165, 1.54) is 38.9 Å². The Kier molecular flexibility index (Phi) is 5.87. The van der Waals surface area contributed by atoms with Crippen molar-refractivity contribution in [1.29, 1.82) is 0 Å². The number of halogens is 1. The molecule has 178 valence electrons. The fourth-order valence-electron chi connectivity index (χ4n) is 4.48. The fourth-order valence-corrected chi connectivity index (χ4v) is 4.83. The first-order valence-corrected chi connectivity index (χ1v) is 10.4. The number of aliphatic hydroxyl groups excluding tert-OH is 2. The average Bonchev–Trinajstić information content (AvgIpc) is 2.70. The topological polar surface area (TPSA) is 182 Å². The Hall–Kier alpha value is -2.92. The Morgan fingerprint density at radius 1 is 1.18 bits per heavy atom. The molecule has 1 aromatic rings. The van der Waals surface area contributed by atoms with Crippen molar-refractivity contribution in [2.45, 2.75) is 37.5 Å². The van der Waals surface area contributed by atoms with Gasteiger partial charge in [0.05, 0.1) is 17.2 Å². The third-order valence-corrected chi connectivity index (χ3v) is 6.88. The standard InChI is InChI=1S/C22H25ClN2O8/c1-8-12(17(28)13-11(26)6-5-9(23)15(13)21(8,2)32)18(29)22(33)7-10(25(3)4)16(27)14(19(22)30)20(24)31/h5-6,8,10,26,28,30,32-33H,7H2,1-4H3,(H2,24,31)/t8-,10-,21+,22+/m0/s1. The number of rotatable bonds is 4. The maximum atomic E-state index is 13.7. The lowest BCUT2D eigenvalue weighted by Crippen LogP contribution is -2.57. The first-order valence-electron chi connectivity index (χ1n) is 9.98. The molecule has 2 aliphatic rings. The van der Waals surface area contributed by atoms with Gasteiger partial charge < -0.3 is 31.3 Å². The van der Waals surface area contributed by atoms with E-state index in [1.54, 1.807) is 0 Å². The van der Waals surface area contributed by atoms with E-state index in [0.29, 0.717) is 0 Å². The van der Waals surface area contributed by atoms with Crippen LogP contribution in [0.4, 0.5) is 0 Å². The summed E-state index contributed by atoms with van der Waals surface area (Å²) < 4.78 is 0. The molecule has 0 saturated heterocycles. The molecular weight excluding hydrogens is 456 g/mol. The van der Waals surface area contributed by atoms with Gasteiger partial charge in [-0.15, -0.1) is 0 Å². The highest BCUT2D eigenvalue weighted by Gasteiger charge is 2.56. The summed E-state index contributed by atoms with van der Waals surface area (Å²) in [4.78, 5) is 39.6. The zero-order chi connectivity index (χ0) is 25.2. The molecule has 0 radical (unpaired) electrons. The first-order chi connectivity index (χ1) is 15.1. The second kappa shape index (κ2) is 7.84. The number of fused-ring (bicyclic) bond motifs is 1. The van der Waals surface area contributed by atoms with Crippen LogP contribution in [0.5, 0.6) is 5.75 Å². The Balaban J connectivity index is 2.32. The highest BCUT2D eigenvalue weighted by atomic mass is 35.5. The minimum atomic E-state index is -2.83. The van der Waals surface area contributed by atoms with Gasteiger partial charge in [-0.05, 0) is 33.2 Å². The lowest BCUT2D eigenvalue weighted by atomic mass is 9.67. The fraction of sp³-hybridized carbons (Fsp3) is 0.409. The number of nitrogens with two attached hydrogens (primary N) is 1. The number of benzene rings is 1. The van der Waals surface area contributed by atoms with Crippen molar-refractivity contribution < 1.29 is 39.9 Å². The van der Waals surface area contributed by atoms with Crippen LogP contribution in [0.2, 0.25) is 5.02 Å². The van der Waals surface area contributed by atoms with Gasteiger partial charge in [-0.2, -0.15) is 0 Å². The SMILES string of the molecule is C[C@H]1C(C(=O)[C@]2(O)C[C@H](N(C)C)C(=O)C(C(N)=O)=C2O)=C(O)c2c(O)ccc(Cl)c2[C@]1(C)O. The number of amides is 1. The van der Waals surface area contributed by atoms with Gasteiger partial charge in [0.1, 0.15) is 22.8 Å². The first kappa shape index (κ1) is 24.7. The van der Waals surface area contributed by atoms with Gasteiger partial charge in [0.15, 0.2) is 11.4 Å². The van der Waals surface area contributed by atoms with Gasteiger partial charge in [0.25, 0.3) is 5.91 Å². The van der Waals surface area contributed by atoms with Gasteiger partial charge in [0.2, 0.25) is 5.78 Å². The van der Waals surface area contributed by atoms with E-state index in [1.807, 2.05) is 0 Å². The molecule has 11 heteroatoms. The van der Waals surface area contributed by atoms with Crippen molar-refractivity contribution in [2.75, 3.05) is 14.1 Å². The minimum Gasteiger partial charge on any atom is -0.508 e. The van der Waals surface area contributed by atoms with E-state index in [4.69, 9.17) is 17.3 Å². The summed E-state index contributed by atoms with van der Waals surface area (Å²) in [5, 5.41) is 54.6. The molecular formula is C22H25ClN2O8. The van der Waals surface area contributed by atoms with Gasteiger partial charge >= 0.3 is 0 Å². The molecule has 0 spiro atoms. The van der Waals surface area contributed by atoms with Crippen LogP contribution >= 0.6 is 11.6 Å². The number of likely N-dealkylation sites (N-methyl/N-ethyl adjacent to an activating group) is 1. The van der Waals surface area contributed by atoms with Crippen molar-refractivity contribution in [3.63, 3.8) is 0 Å². The molecule has 3 rings (SSSR count). The average molecular weight is 481 g/mol. The minimum absolute atomic E-state index is 0.0195. The predicted octanol–water partition coefficient (Wildman–Crippen LogP) is 0.673. The molecule has 33 heavy (non-hydrogen) atoms. The summed E-state index contributed by atoms with van der Waals surface area (Å²) >= 11 is 6.20. The number of primary amides is 1. The van der Waals surface area contributed by atoms with E-state index >= 15 is 0 Å². The predicted molar refractivity (Wildman–Crippen MR) is 117 cm³/mol. The molecule has 0 unspecified atom stereocenters. The number of aliphatic hydroxyl groups is 4. The van der Waals surface area contributed by atoms with Crippen LogP contribution in [0.3, 0.4) is 0 Å². The normalized spacial score (nSPS) is 30.0. The number of carbonyl (C=O) groups is 3. The Bertz CT molecular complexity index is 1150. The van der Waals surface area contributed by atoms with Crippen LogP contribution in [-0.2, 0) is 20.0 Å². The van der Waals surface area contributed by atoms with Crippen LogP contribution < -0.4 is 5.73 Å². The van der Waals surface area contributed by atoms with Crippen LogP contribution in [0, 0.1) is 5.92 Å². The van der Waals surface area contributed by atoms with E-state index < -0.39 is 75.5 Å². The van der Waals surface area contributed by atoms with Crippen LogP contribution in [0.25, 0.3) is 5.76 Å². The van der Waals surface area contributed by atoms with E-state index in [-0.39, 0.29) is 16.1 Å². The summed E-state index contributed by atoms with van der Waals surface area (Å²) in [6.07, 6.45) is -0.652. The molecule has 7 N–H and O–H groups in total. The van der Waals surface area contributed by atoms with Gasteiger partial charge in [-0.1, -0.05) is 18.5 Å². The number of aromatic hydroxyl groups is 1. The van der Waals surface area contributed by atoms with Crippen molar-refractivity contribution in [1.82, 2.24) is 4.90 Å². The molecule has 0 fully saturated rings. The van der Waals surface area contributed by atoms with Gasteiger partial charge in [0, 0.05) is 28.5 Å². The number of hydrogen-bond donors (Lipinski definition) is 6. The molecule has 0 heterocycles. The number of carbonyl (C=O) groups excluding carboxylic acids is 3. The third-order valence-electron chi connectivity index (χ3n) is 6.56. The molecule has 0 aromatic heterocycles. The van der Waals surface area contributed by atoms with Crippen LogP contribution in [0.1, 0.15) is 31.4 Å². The summed E-state index contributed by atoms with van der Waals surface area (Å²) in [7, 11) is 2.94. The zero-order valence-corrected chi connectivity index (χ0v) is 19.1. The third kappa shape index (κ3) is 3.41. The summed E-state index contributed by atoms with van der Waals surface area (Å²) in [6, 6.07) is 1.27. The molecule has 0 bridgehead atoms. The number of ketones is 2. The lowest BCUT2D eigenvalue weighted by Gasteiger charge is -2.42. The number of phenols is 1. The molecule has 0 aliphatic heterocycles. The van der Waals surface area contributed by atoms with Crippen molar-refractivity contribution in [3.8, 4) is 5.75 Å². The van der Waals surface area contributed by atoms with Crippen LogP contribution in [0.15, 0.2) is 29.0 Å². The molecule has 4 atom stereocenters. The molecule has 1 aromatic carbocycles. The summed E-state index contributed by atoms with van der Waals surface area (Å²) in [5.74, 6) is -7.18. The highest BCUT2D eigenvalue weighted by Crippen LogP contribution is 2.51. The van der Waals surface area contributed by atoms with Crippen molar-refractivity contribution >= 4 is 34.8 Å².